The van der Waals surface area contributed by atoms with Gasteiger partial charge in [-0.05, 0) is 35.1 Å². The molecule has 1 fully saturated rings. The van der Waals surface area contributed by atoms with Crippen molar-refractivity contribution in [3.63, 3.8) is 0 Å². The highest BCUT2D eigenvalue weighted by Gasteiger charge is 2.26. The summed E-state index contributed by atoms with van der Waals surface area (Å²) in [5.74, 6) is 0.00101. The Balaban J connectivity index is 1.58. The van der Waals surface area contributed by atoms with Gasteiger partial charge in [0.1, 0.15) is 0 Å². The zero-order valence-electron chi connectivity index (χ0n) is 14.3. The number of nitrogens with one attached hydrogen (secondary N) is 1. The number of anilines is 1. The normalized spacial score (nSPS) is 15.9. The number of sulfone groups is 1. The van der Waals surface area contributed by atoms with Crippen LogP contribution in [0.25, 0.3) is 11.0 Å². The monoisotopic (exact) mass is 432 g/mol. The summed E-state index contributed by atoms with van der Waals surface area (Å²) in [6.07, 6.45) is 1.27. The molecule has 11 heteroatoms. The Morgan fingerprint density at radius 1 is 1.30 bits per heavy atom. The van der Waals surface area contributed by atoms with Crippen LogP contribution in [-0.4, -0.2) is 54.9 Å². The predicted octanol–water partition coefficient (Wildman–Crippen LogP) is 2.74. The van der Waals surface area contributed by atoms with E-state index in [9.17, 15) is 13.2 Å². The van der Waals surface area contributed by atoms with E-state index >= 15 is 0 Å². The summed E-state index contributed by atoms with van der Waals surface area (Å²) < 4.78 is 28.0. The third kappa shape index (κ3) is 4.53. The first-order chi connectivity index (χ1) is 12.8. The molecule has 8 nitrogen and oxygen atoms in total. The zero-order valence-corrected chi connectivity index (χ0v) is 16.6. The fraction of sp³-hybridized carbons (Fsp3) is 0.438. The van der Waals surface area contributed by atoms with Gasteiger partial charge in [0, 0.05) is 18.5 Å². The topological polar surface area (TPSA) is 105 Å². The fourth-order valence-corrected chi connectivity index (χ4v) is 4.74. The van der Waals surface area contributed by atoms with Crippen LogP contribution in [0.1, 0.15) is 12.8 Å². The standard InChI is InChI=1S/C16H18Cl2N4O4S/c1-2-27(24,25)9-10-3-5-22(6-4-10)13(23)8-19-14-11(17)7-12(18)15-16(14)21-26-20-15/h2,7,10,19H,1,3-6,8-9H2. The van der Waals surface area contributed by atoms with Crippen LogP contribution in [-0.2, 0) is 14.6 Å². The van der Waals surface area contributed by atoms with Gasteiger partial charge in [0.25, 0.3) is 0 Å². The maximum atomic E-state index is 12.5. The van der Waals surface area contributed by atoms with E-state index in [2.05, 4.69) is 22.2 Å². The Morgan fingerprint density at radius 3 is 2.63 bits per heavy atom. The molecule has 0 unspecified atom stereocenters. The smallest absolute Gasteiger partial charge is 0.241 e. The van der Waals surface area contributed by atoms with Gasteiger partial charge in [0.2, 0.25) is 5.91 Å². The Morgan fingerprint density at radius 2 is 1.96 bits per heavy atom. The van der Waals surface area contributed by atoms with Crippen molar-refractivity contribution >= 4 is 55.7 Å². The maximum Gasteiger partial charge on any atom is 0.241 e. The minimum absolute atomic E-state index is 0.0128. The van der Waals surface area contributed by atoms with Crippen molar-refractivity contribution in [3.05, 3.63) is 28.1 Å². The van der Waals surface area contributed by atoms with Gasteiger partial charge in [0.15, 0.2) is 20.9 Å². The molecule has 1 aromatic heterocycles. The number of likely N-dealkylation sites (tertiary alicyclic amines) is 1. The van der Waals surface area contributed by atoms with Crippen molar-refractivity contribution in [1.29, 1.82) is 0 Å². The molecule has 2 aromatic rings. The fourth-order valence-electron chi connectivity index (χ4n) is 3.06. The van der Waals surface area contributed by atoms with Crippen molar-refractivity contribution in [3.8, 4) is 0 Å². The molecule has 3 rings (SSSR count). The summed E-state index contributed by atoms with van der Waals surface area (Å²) in [5, 5.41) is 12.1. The lowest BCUT2D eigenvalue weighted by Crippen LogP contribution is -2.42. The van der Waals surface area contributed by atoms with Crippen LogP contribution in [0, 0.1) is 5.92 Å². The summed E-state index contributed by atoms with van der Waals surface area (Å²) in [5.41, 5.74) is 1.14. The van der Waals surface area contributed by atoms with Gasteiger partial charge >= 0.3 is 0 Å². The van der Waals surface area contributed by atoms with Gasteiger partial charge in [-0.1, -0.05) is 29.8 Å². The Hall–Kier alpha value is -1.84. The van der Waals surface area contributed by atoms with Gasteiger partial charge in [-0.3, -0.25) is 4.79 Å². The van der Waals surface area contributed by atoms with Crippen molar-refractivity contribution in [1.82, 2.24) is 15.2 Å². The van der Waals surface area contributed by atoms with Crippen LogP contribution in [0.5, 0.6) is 0 Å². The van der Waals surface area contributed by atoms with Crippen molar-refractivity contribution < 1.29 is 17.8 Å². The number of carbonyl (C=O) groups is 1. The van der Waals surface area contributed by atoms with Crippen LogP contribution in [0.4, 0.5) is 5.69 Å². The number of carbonyl (C=O) groups excluding carboxylic acids is 1. The second-order valence-corrected chi connectivity index (χ2v) is 9.16. The summed E-state index contributed by atoms with van der Waals surface area (Å²) in [6.45, 7) is 4.36. The molecule has 1 aliphatic rings. The first-order valence-electron chi connectivity index (χ1n) is 8.28. The lowest BCUT2D eigenvalue weighted by atomic mass is 9.99. The molecule has 1 aromatic carbocycles. The highest BCUT2D eigenvalue weighted by atomic mass is 35.5. The average molecular weight is 433 g/mol. The second kappa shape index (κ2) is 8.04. The molecule has 0 aliphatic carbocycles. The first kappa shape index (κ1) is 19.9. The maximum absolute atomic E-state index is 12.5. The van der Waals surface area contributed by atoms with Crippen LogP contribution >= 0.6 is 23.2 Å². The SMILES string of the molecule is C=CS(=O)(=O)CC1CCN(C(=O)CNc2c(Cl)cc(Cl)c3nonc23)CC1. The number of hydrogen-bond donors (Lipinski definition) is 1. The molecule has 0 bridgehead atoms. The van der Waals surface area contributed by atoms with E-state index in [1.165, 1.54) is 6.07 Å². The molecule has 1 amide bonds. The number of nitrogens with zero attached hydrogens (tertiary/aromatic N) is 3. The highest BCUT2D eigenvalue weighted by molar-refractivity contribution is 7.94. The molecule has 0 atom stereocenters. The van der Waals surface area contributed by atoms with Gasteiger partial charge < -0.3 is 10.2 Å². The molecule has 2 heterocycles. The minimum atomic E-state index is -3.23. The molecule has 1 aliphatic heterocycles. The van der Waals surface area contributed by atoms with Crippen LogP contribution in [0.2, 0.25) is 10.0 Å². The quantitative estimate of drug-likeness (QED) is 0.747. The molecule has 1 saturated heterocycles. The van der Waals surface area contributed by atoms with E-state index in [-0.39, 0.29) is 24.1 Å². The van der Waals surface area contributed by atoms with E-state index < -0.39 is 9.84 Å². The number of fused-ring (bicyclic) bond motifs is 1. The van der Waals surface area contributed by atoms with E-state index in [1.807, 2.05) is 0 Å². The number of aromatic nitrogens is 2. The van der Waals surface area contributed by atoms with E-state index in [0.29, 0.717) is 52.7 Å². The van der Waals surface area contributed by atoms with Gasteiger partial charge in [-0.2, -0.15) is 0 Å². The van der Waals surface area contributed by atoms with Gasteiger partial charge in [-0.25, -0.2) is 13.0 Å². The molecule has 146 valence electrons. The molecule has 1 N–H and O–H groups in total. The zero-order chi connectivity index (χ0) is 19.6. The molecular weight excluding hydrogens is 415 g/mol. The van der Waals surface area contributed by atoms with Crippen molar-refractivity contribution in [2.75, 3.05) is 30.7 Å². The number of benzene rings is 1. The van der Waals surface area contributed by atoms with E-state index in [4.69, 9.17) is 27.8 Å². The predicted molar refractivity (Wildman–Crippen MR) is 104 cm³/mol. The van der Waals surface area contributed by atoms with Crippen molar-refractivity contribution in [2.24, 2.45) is 5.92 Å². The Bertz CT molecular complexity index is 968. The van der Waals surface area contributed by atoms with Crippen molar-refractivity contribution in [2.45, 2.75) is 12.8 Å². The van der Waals surface area contributed by atoms with Gasteiger partial charge in [-0.15, -0.1) is 0 Å². The average Bonchev–Trinajstić information content (AvgIpc) is 3.12. The van der Waals surface area contributed by atoms with E-state index in [0.717, 1.165) is 5.41 Å². The molecule has 0 saturated carbocycles. The third-order valence-electron chi connectivity index (χ3n) is 4.55. The number of hydrogen-bond acceptors (Lipinski definition) is 7. The van der Waals surface area contributed by atoms with Gasteiger partial charge in [0.05, 0.1) is 28.0 Å². The minimum Gasteiger partial charge on any atom is -0.373 e. The Kier molecular flexibility index (Phi) is 5.92. The van der Waals surface area contributed by atoms with Crippen LogP contribution in [0.3, 0.4) is 0 Å². The number of rotatable bonds is 6. The largest absolute Gasteiger partial charge is 0.373 e. The lowest BCUT2D eigenvalue weighted by Gasteiger charge is -2.31. The summed E-state index contributed by atoms with van der Waals surface area (Å²) >= 11 is 12.2. The molecule has 0 spiro atoms. The summed E-state index contributed by atoms with van der Waals surface area (Å²) in [4.78, 5) is 14.2. The first-order valence-corrected chi connectivity index (χ1v) is 10.7. The number of piperidine rings is 1. The molecule has 0 radical (unpaired) electrons. The molecular formula is C16H18Cl2N4O4S. The Labute approximate surface area is 166 Å². The highest BCUT2D eigenvalue weighted by Crippen LogP contribution is 2.34. The van der Waals surface area contributed by atoms with Crippen LogP contribution < -0.4 is 5.32 Å². The summed E-state index contributed by atoms with van der Waals surface area (Å²) in [6, 6.07) is 1.51. The number of halogens is 2. The lowest BCUT2D eigenvalue weighted by molar-refractivity contribution is -0.130. The second-order valence-electron chi connectivity index (χ2n) is 6.35. The third-order valence-corrected chi connectivity index (χ3v) is 6.58. The molecule has 27 heavy (non-hydrogen) atoms. The van der Waals surface area contributed by atoms with Crippen LogP contribution in [0.15, 0.2) is 22.7 Å². The summed E-state index contributed by atoms with van der Waals surface area (Å²) in [7, 11) is -3.23. The number of amides is 1. The van der Waals surface area contributed by atoms with E-state index in [1.54, 1.807) is 4.90 Å².